The van der Waals surface area contributed by atoms with Gasteiger partial charge in [0.2, 0.25) is 6.10 Å². The normalized spacial score (nSPS) is 22.7. The minimum Gasteiger partial charge on any atom is -0.466 e. The fourth-order valence-corrected chi connectivity index (χ4v) is 1.95. The van der Waals surface area contributed by atoms with E-state index in [0.717, 1.165) is 5.56 Å². The molecule has 1 aliphatic rings. The van der Waals surface area contributed by atoms with Crippen molar-refractivity contribution in [1.29, 1.82) is 0 Å². The first kappa shape index (κ1) is 13.5. The summed E-state index contributed by atoms with van der Waals surface area (Å²) < 4.78 is 15.2. The molecule has 5 nitrogen and oxygen atoms in total. The number of methoxy groups -OCH3 is 1. The van der Waals surface area contributed by atoms with Crippen LogP contribution in [0.1, 0.15) is 18.4 Å². The van der Waals surface area contributed by atoms with E-state index in [-0.39, 0.29) is 12.5 Å². The number of hydrogen-bond acceptors (Lipinski definition) is 5. The molecule has 1 aromatic rings. The lowest BCUT2D eigenvalue weighted by Gasteiger charge is -2.27. The largest absolute Gasteiger partial charge is 0.466 e. The number of hydrogen-bond donors (Lipinski definition) is 0. The van der Waals surface area contributed by atoms with E-state index in [1.165, 1.54) is 7.11 Å². The molecule has 0 bridgehead atoms. The summed E-state index contributed by atoms with van der Waals surface area (Å²) in [6.07, 6.45) is -0.663. The average molecular weight is 264 g/mol. The molecule has 0 aromatic heterocycles. The Kier molecular flexibility index (Phi) is 4.52. The maximum atomic E-state index is 11.4. The molecule has 0 spiro atoms. The molecule has 5 heteroatoms. The minimum atomic E-state index is -0.855. The molecule has 1 heterocycles. The van der Waals surface area contributed by atoms with Crippen LogP contribution in [0.3, 0.4) is 0 Å². The van der Waals surface area contributed by atoms with Crippen molar-refractivity contribution in [2.45, 2.75) is 31.7 Å². The fraction of sp³-hybridized carbons (Fsp3) is 0.429. The monoisotopic (exact) mass is 264 g/mol. The Bertz CT molecular complexity index is 442. The van der Waals surface area contributed by atoms with Crippen molar-refractivity contribution in [3.05, 3.63) is 35.9 Å². The zero-order valence-electron chi connectivity index (χ0n) is 10.7. The van der Waals surface area contributed by atoms with Crippen LogP contribution in [0.2, 0.25) is 0 Å². The molecule has 2 rings (SSSR count). The Hall–Kier alpha value is -1.88. The SMILES string of the molecule is COC(=O)[C@@H]1C[C@@H](OCc2ccccc2)CC(=O)O1. The number of benzene rings is 1. The van der Waals surface area contributed by atoms with E-state index in [1.54, 1.807) is 0 Å². The summed E-state index contributed by atoms with van der Waals surface area (Å²) in [4.78, 5) is 22.8. The summed E-state index contributed by atoms with van der Waals surface area (Å²) in [6, 6.07) is 9.66. The van der Waals surface area contributed by atoms with Crippen LogP contribution in [-0.2, 0) is 30.4 Å². The number of esters is 2. The second-order valence-corrected chi connectivity index (χ2v) is 4.36. The lowest BCUT2D eigenvalue weighted by atomic mass is 10.1. The van der Waals surface area contributed by atoms with Gasteiger partial charge in [-0.1, -0.05) is 30.3 Å². The molecular weight excluding hydrogens is 248 g/mol. The predicted molar refractivity (Wildman–Crippen MR) is 66.1 cm³/mol. The summed E-state index contributed by atoms with van der Waals surface area (Å²) >= 11 is 0. The standard InChI is InChI=1S/C14H16O5/c1-17-14(16)12-7-11(8-13(15)19-12)18-9-10-5-3-2-4-6-10/h2-6,11-12H,7-9H2,1H3/t11-,12+/m1/s1. The molecule has 1 saturated heterocycles. The van der Waals surface area contributed by atoms with Crippen LogP contribution in [0.15, 0.2) is 30.3 Å². The van der Waals surface area contributed by atoms with Gasteiger partial charge >= 0.3 is 11.9 Å². The highest BCUT2D eigenvalue weighted by molar-refractivity contribution is 5.80. The Morgan fingerprint density at radius 3 is 2.79 bits per heavy atom. The third kappa shape index (κ3) is 3.79. The van der Waals surface area contributed by atoms with E-state index in [1.807, 2.05) is 30.3 Å². The maximum Gasteiger partial charge on any atom is 0.347 e. The van der Waals surface area contributed by atoms with Crippen molar-refractivity contribution in [2.75, 3.05) is 7.11 Å². The molecule has 1 aliphatic heterocycles. The lowest BCUT2D eigenvalue weighted by molar-refractivity contribution is -0.178. The van der Waals surface area contributed by atoms with E-state index in [0.29, 0.717) is 13.0 Å². The van der Waals surface area contributed by atoms with Gasteiger partial charge in [0.1, 0.15) is 0 Å². The first-order valence-corrected chi connectivity index (χ1v) is 6.12. The van der Waals surface area contributed by atoms with E-state index in [9.17, 15) is 9.59 Å². The molecule has 0 saturated carbocycles. The van der Waals surface area contributed by atoms with Crippen LogP contribution < -0.4 is 0 Å². The fourth-order valence-electron chi connectivity index (χ4n) is 1.95. The molecule has 0 radical (unpaired) electrons. The van der Waals surface area contributed by atoms with Crippen LogP contribution in [0.25, 0.3) is 0 Å². The minimum absolute atomic E-state index is 0.167. The highest BCUT2D eigenvalue weighted by Crippen LogP contribution is 2.20. The van der Waals surface area contributed by atoms with Crippen molar-refractivity contribution in [1.82, 2.24) is 0 Å². The Labute approximate surface area is 111 Å². The second-order valence-electron chi connectivity index (χ2n) is 4.36. The molecule has 19 heavy (non-hydrogen) atoms. The first-order valence-electron chi connectivity index (χ1n) is 6.12. The Morgan fingerprint density at radius 2 is 2.11 bits per heavy atom. The third-order valence-electron chi connectivity index (χ3n) is 2.94. The molecule has 0 amide bonds. The van der Waals surface area contributed by atoms with Gasteiger partial charge in [0.15, 0.2) is 0 Å². The highest BCUT2D eigenvalue weighted by atomic mass is 16.6. The molecule has 1 aromatic carbocycles. The van der Waals surface area contributed by atoms with Gasteiger partial charge < -0.3 is 14.2 Å². The smallest absolute Gasteiger partial charge is 0.347 e. The number of ether oxygens (including phenoxy) is 3. The van der Waals surface area contributed by atoms with Gasteiger partial charge in [-0.3, -0.25) is 4.79 Å². The van der Waals surface area contributed by atoms with Crippen molar-refractivity contribution in [2.24, 2.45) is 0 Å². The summed E-state index contributed by atoms with van der Waals surface area (Å²) in [5, 5.41) is 0. The van der Waals surface area contributed by atoms with E-state index < -0.39 is 18.0 Å². The van der Waals surface area contributed by atoms with Crippen LogP contribution in [0.4, 0.5) is 0 Å². The van der Waals surface area contributed by atoms with Crippen molar-refractivity contribution >= 4 is 11.9 Å². The van der Waals surface area contributed by atoms with Crippen LogP contribution >= 0.6 is 0 Å². The topological polar surface area (TPSA) is 61.8 Å². The lowest BCUT2D eigenvalue weighted by Crippen LogP contribution is -2.39. The Balaban J connectivity index is 1.89. The molecular formula is C14H16O5. The summed E-state index contributed by atoms with van der Waals surface area (Å²) in [5.41, 5.74) is 1.02. The average Bonchev–Trinajstić information content (AvgIpc) is 2.45. The van der Waals surface area contributed by atoms with Gasteiger partial charge in [-0.25, -0.2) is 4.79 Å². The second kappa shape index (κ2) is 6.33. The molecule has 0 N–H and O–H groups in total. The molecule has 1 fully saturated rings. The summed E-state index contributed by atoms with van der Waals surface area (Å²) in [6.45, 7) is 0.409. The summed E-state index contributed by atoms with van der Waals surface area (Å²) in [5.74, 6) is -0.971. The van der Waals surface area contributed by atoms with E-state index in [2.05, 4.69) is 4.74 Å². The number of carbonyl (C=O) groups excluding carboxylic acids is 2. The van der Waals surface area contributed by atoms with Gasteiger partial charge in [0.05, 0.1) is 26.2 Å². The van der Waals surface area contributed by atoms with Gasteiger partial charge in [-0.15, -0.1) is 0 Å². The Morgan fingerprint density at radius 1 is 1.37 bits per heavy atom. The predicted octanol–water partition coefficient (Wildman–Crippen LogP) is 1.45. The van der Waals surface area contributed by atoms with Gasteiger partial charge in [0.25, 0.3) is 0 Å². The number of carbonyl (C=O) groups is 2. The van der Waals surface area contributed by atoms with Crippen LogP contribution in [0, 0.1) is 0 Å². The van der Waals surface area contributed by atoms with Crippen LogP contribution in [0.5, 0.6) is 0 Å². The first-order chi connectivity index (χ1) is 9.19. The van der Waals surface area contributed by atoms with Crippen molar-refractivity contribution in [3.63, 3.8) is 0 Å². The van der Waals surface area contributed by atoms with Crippen molar-refractivity contribution < 1.29 is 23.8 Å². The van der Waals surface area contributed by atoms with Gasteiger partial charge in [-0.2, -0.15) is 0 Å². The quantitative estimate of drug-likeness (QED) is 0.770. The third-order valence-corrected chi connectivity index (χ3v) is 2.94. The zero-order chi connectivity index (χ0) is 13.7. The molecule has 0 unspecified atom stereocenters. The van der Waals surface area contributed by atoms with Crippen LogP contribution in [-0.4, -0.2) is 31.3 Å². The summed E-state index contributed by atoms with van der Waals surface area (Å²) in [7, 11) is 1.27. The zero-order valence-corrected chi connectivity index (χ0v) is 10.7. The molecule has 0 aliphatic carbocycles. The number of rotatable bonds is 4. The van der Waals surface area contributed by atoms with E-state index >= 15 is 0 Å². The van der Waals surface area contributed by atoms with Gasteiger partial charge in [-0.05, 0) is 5.56 Å². The van der Waals surface area contributed by atoms with Crippen molar-refractivity contribution in [3.8, 4) is 0 Å². The molecule has 102 valence electrons. The number of cyclic esters (lactones) is 1. The molecule has 2 atom stereocenters. The highest BCUT2D eigenvalue weighted by Gasteiger charge is 2.34. The maximum absolute atomic E-state index is 11.4. The van der Waals surface area contributed by atoms with Gasteiger partial charge in [0, 0.05) is 6.42 Å². The van der Waals surface area contributed by atoms with E-state index in [4.69, 9.17) is 9.47 Å².